The SMILES string of the molecule is C[C@@H]1COCCN1c1cc(C(N)=O)c(C=N)c(Nc2ccn[nH]2)n1. The van der Waals surface area contributed by atoms with Gasteiger partial charge < -0.3 is 26.1 Å². The minimum absolute atomic E-state index is 0.123. The Labute approximate surface area is 138 Å². The summed E-state index contributed by atoms with van der Waals surface area (Å²) in [6.07, 6.45) is 2.66. The van der Waals surface area contributed by atoms with Crippen LogP contribution in [0.1, 0.15) is 22.8 Å². The standard InChI is InChI=1S/C15H19N7O2/c1-9-8-24-5-4-22(9)13-6-10(14(17)23)11(7-16)15(20-13)19-12-2-3-18-21-12/h2-3,6-7,9,16H,4-5,8H2,1H3,(H2,17,23)(H2,18,19,20,21)/t9-/m1/s1. The summed E-state index contributed by atoms with van der Waals surface area (Å²) in [6, 6.07) is 3.48. The Morgan fingerprint density at radius 2 is 2.46 bits per heavy atom. The average molecular weight is 329 g/mol. The highest BCUT2D eigenvalue weighted by Gasteiger charge is 2.24. The number of rotatable bonds is 5. The second-order valence-electron chi connectivity index (χ2n) is 5.51. The summed E-state index contributed by atoms with van der Waals surface area (Å²) in [6.45, 7) is 3.87. The Morgan fingerprint density at radius 1 is 1.62 bits per heavy atom. The van der Waals surface area contributed by atoms with Gasteiger partial charge in [0.15, 0.2) is 0 Å². The molecule has 2 aromatic heterocycles. The summed E-state index contributed by atoms with van der Waals surface area (Å²) in [5, 5.41) is 17.3. The molecular weight excluding hydrogens is 310 g/mol. The van der Waals surface area contributed by atoms with Gasteiger partial charge >= 0.3 is 0 Å². The van der Waals surface area contributed by atoms with Gasteiger partial charge in [-0.25, -0.2) is 4.98 Å². The maximum atomic E-state index is 11.9. The number of primary amides is 1. The number of aromatic nitrogens is 3. The minimum atomic E-state index is -0.606. The van der Waals surface area contributed by atoms with E-state index in [4.69, 9.17) is 15.9 Å². The minimum Gasteiger partial charge on any atom is -0.377 e. The molecule has 0 radical (unpaired) electrons. The van der Waals surface area contributed by atoms with E-state index in [2.05, 4.69) is 25.4 Å². The van der Waals surface area contributed by atoms with Gasteiger partial charge in [0.1, 0.15) is 17.5 Å². The van der Waals surface area contributed by atoms with E-state index < -0.39 is 5.91 Å². The molecule has 24 heavy (non-hydrogen) atoms. The zero-order valence-electron chi connectivity index (χ0n) is 13.2. The number of carbonyl (C=O) groups is 1. The predicted octanol–water partition coefficient (Wildman–Crippen LogP) is 0.870. The van der Waals surface area contributed by atoms with E-state index >= 15 is 0 Å². The molecule has 1 aliphatic heterocycles. The van der Waals surface area contributed by atoms with Gasteiger partial charge in [0.25, 0.3) is 0 Å². The van der Waals surface area contributed by atoms with Gasteiger partial charge in [-0.3, -0.25) is 9.89 Å². The molecule has 0 aromatic carbocycles. The lowest BCUT2D eigenvalue weighted by molar-refractivity contribution is 0.0984. The molecule has 0 aliphatic carbocycles. The largest absolute Gasteiger partial charge is 0.377 e. The molecule has 1 atom stereocenters. The maximum absolute atomic E-state index is 11.9. The summed E-state index contributed by atoms with van der Waals surface area (Å²) in [4.78, 5) is 18.5. The van der Waals surface area contributed by atoms with Crippen LogP contribution in [0.4, 0.5) is 17.5 Å². The van der Waals surface area contributed by atoms with E-state index in [1.807, 2.05) is 6.92 Å². The molecule has 0 bridgehead atoms. The van der Waals surface area contributed by atoms with Gasteiger partial charge in [0.05, 0.1) is 31.0 Å². The van der Waals surface area contributed by atoms with Crippen LogP contribution < -0.4 is 16.0 Å². The van der Waals surface area contributed by atoms with Crippen molar-refractivity contribution in [2.75, 3.05) is 30.0 Å². The molecule has 3 heterocycles. The summed E-state index contributed by atoms with van der Waals surface area (Å²) >= 11 is 0. The first kappa shape index (κ1) is 15.9. The number of morpholine rings is 1. The number of nitrogens with two attached hydrogens (primary N) is 1. The van der Waals surface area contributed by atoms with Gasteiger partial charge in [-0.15, -0.1) is 0 Å². The number of anilines is 3. The third-order valence-corrected chi connectivity index (χ3v) is 3.87. The highest BCUT2D eigenvalue weighted by atomic mass is 16.5. The number of pyridine rings is 1. The van der Waals surface area contributed by atoms with E-state index in [1.54, 1.807) is 18.3 Å². The fourth-order valence-electron chi connectivity index (χ4n) is 2.65. The number of ether oxygens (including phenoxy) is 1. The first-order valence-electron chi connectivity index (χ1n) is 7.56. The highest BCUT2D eigenvalue weighted by molar-refractivity contribution is 6.04. The van der Waals surface area contributed by atoms with Crippen LogP contribution in [0.2, 0.25) is 0 Å². The van der Waals surface area contributed by atoms with Crippen molar-refractivity contribution in [1.29, 1.82) is 5.41 Å². The average Bonchev–Trinajstić information content (AvgIpc) is 3.07. The third kappa shape index (κ3) is 3.06. The smallest absolute Gasteiger partial charge is 0.249 e. The summed E-state index contributed by atoms with van der Waals surface area (Å²) in [7, 11) is 0. The fourth-order valence-corrected chi connectivity index (χ4v) is 2.65. The normalized spacial score (nSPS) is 17.5. The molecule has 5 N–H and O–H groups in total. The molecular formula is C15H19N7O2. The van der Waals surface area contributed by atoms with Crippen molar-refractivity contribution < 1.29 is 9.53 Å². The van der Waals surface area contributed by atoms with Gasteiger partial charge in [0.2, 0.25) is 5.91 Å². The Bertz CT molecular complexity index is 745. The lowest BCUT2D eigenvalue weighted by Gasteiger charge is -2.34. The van der Waals surface area contributed by atoms with E-state index in [9.17, 15) is 4.79 Å². The van der Waals surface area contributed by atoms with Crippen molar-refractivity contribution in [3.05, 3.63) is 29.5 Å². The lowest BCUT2D eigenvalue weighted by Crippen LogP contribution is -2.44. The van der Waals surface area contributed by atoms with Crippen LogP contribution in [0.5, 0.6) is 0 Å². The van der Waals surface area contributed by atoms with Crippen molar-refractivity contribution in [3.8, 4) is 0 Å². The monoisotopic (exact) mass is 329 g/mol. The predicted molar refractivity (Wildman–Crippen MR) is 90.1 cm³/mol. The quantitative estimate of drug-likeness (QED) is 0.602. The number of nitrogens with one attached hydrogen (secondary N) is 3. The molecule has 1 fully saturated rings. The van der Waals surface area contributed by atoms with Crippen LogP contribution in [-0.2, 0) is 4.74 Å². The number of carbonyl (C=O) groups excluding carboxylic acids is 1. The Morgan fingerprint density at radius 3 is 3.08 bits per heavy atom. The zero-order valence-corrected chi connectivity index (χ0v) is 13.2. The molecule has 1 aliphatic rings. The van der Waals surface area contributed by atoms with Gasteiger partial charge in [-0.2, -0.15) is 5.10 Å². The van der Waals surface area contributed by atoms with Crippen molar-refractivity contribution in [2.24, 2.45) is 5.73 Å². The highest BCUT2D eigenvalue weighted by Crippen LogP contribution is 2.26. The van der Waals surface area contributed by atoms with Crippen LogP contribution in [0.15, 0.2) is 18.3 Å². The van der Waals surface area contributed by atoms with Gasteiger partial charge in [0, 0.05) is 24.4 Å². The first-order valence-corrected chi connectivity index (χ1v) is 7.56. The van der Waals surface area contributed by atoms with Crippen LogP contribution in [0.25, 0.3) is 0 Å². The molecule has 2 aromatic rings. The van der Waals surface area contributed by atoms with E-state index in [-0.39, 0.29) is 11.6 Å². The number of hydrogen-bond acceptors (Lipinski definition) is 7. The second kappa shape index (κ2) is 6.67. The number of aromatic amines is 1. The number of nitrogens with zero attached hydrogens (tertiary/aromatic N) is 3. The van der Waals surface area contributed by atoms with Crippen LogP contribution >= 0.6 is 0 Å². The summed E-state index contributed by atoms with van der Waals surface area (Å²) in [5.41, 5.74) is 6.09. The third-order valence-electron chi connectivity index (χ3n) is 3.87. The Kier molecular flexibility index (Phi) is 4.43. The molecule has 9 heteroatoms. The zero-order chi connectivity index (χ0) is 17.1. The second-order valence-corrected chi connectivity index (χ2v) is 5.51. The summed E-state index contributed by atoms with van der Waals surface area (Å²) in [5.74, 6) is 0.991. The Hall–Kier alpha value is -2.94. The molecule has 3 rings (SSSR count). The molecule has 1 amide bonds. The van der Waals surface area contributed by atoms with Gasteiger partial charge in [-0.1, -0.05) is 0 Å². The van der Waals surface area contributed by atoms with Crippen LogP contribution in [0.3, 0.4) is 0 Å². The Balaban J connectivity index is 2.07. The lowest BCUT2D eigenvalue weighted by atomic mass is 10.1. The molecule has 1 saturated heterocycles. The molecule has 126 valence electrons. The number of H-pyrrole nitrogens is 1. The number of amides is 1. The van der Waals surface area contributed by atoms with Crippen LogP contribution in [0, 0.1) is 5.41 Å². The summed E-state index contributed by atoms with van der Waals surface area (Å²) < 4.78 is 5.45. The van der Waals surface area contributed by atoms with Crippen molar-refractivity contribution in [1.82, 2.24) is 15.2 Å². The van der Waals surface area contributed by atoms with E-state index in [0.29, 0.717) is 42.8 Å². The van der Waals surface area contributed by atoms with Crippen molar-refractivity contribution in [3.63, 3.8) is 0 Å². The number of hydrogen-bond donors (Lipinski definition) is 4. The van der Waals surface area contributed by atoms with Gasteiger partial charge in [-0.05, 0) is 13.0 Å². The van der Waals surface area contributed by atoms with E-state index in [1.165, 1.54) is 0 Å². The van der Waals surface area contributed by atoms with Crippen molar-refractivity contribution >= 4 is 29.6 Å². The molecule has 9 nitrogen and oxygen atoms in total. The van der Waals surface area contributed by atoms with Crippen LogP contribution in [-0.4, -0.2) is 53.1 Å². The molecule has 0 spiro atoms. The fraction of sp³-hybridized carbons (Fsp3) is 0.333. The van der Waals surface area contributed by atoms with Crippen molar-refractivity contribution in [2.45, 2.75) is 13.0 Å². The maximum Gasteiger partial charge on any atom is 0.249 e. The topological polar surface area (TPSA) is 133 Å². The van der Waals surface area contributed by atoms with E-state index in [0.717, 1.165) is 6.21 Å². The first-order chi connectivity index (χ1) is 11.6. The molecule has 0 saturated carbocycles. The molecule has 0 unspecified atom stereocenters.